The number of primary amides is 1. The van der Waals surface area contributed by atoms with Gasteiger partial charge >= 0.3 is 0 Å². The molecule has 28 heavy (non-hydrogen) atoms. The summed E-state index contributed by atoms with van der Waals surface area (Å²) in [5, 5.41) is 3.02. The topological polar surface area (TPSA) is 111 Å². The molecule has 0 radical (unpaired) electrons. The molecule has 0 bridgehead atoms. The van der Waals surface area contributed by atoms with Crippen molar-refractivity contribution in [1.29, 1.82) is 0 Å². The van der Waals surface area contributed by atoms with Crippen molar-refractivity contribution in [2.24, 2.45) is 16.9 Å². The van der Waals surface area contributed by atoms with E-state index < -0.39 is 5.41 Å². The van der Waals surface area contributed by atoms with Crippen molar-refractivity contribution in [3.05, 3.63) is 29.8 Å². The molecule has 2 aliphatic heterocycles. The second-order valence-corrected chi connectivity index (χ2v) is 7.28. The highest BCUT2D eigenvalue weighted by Gasteiger charge is 2.38. The summed E-state index contributed by atoms with van der Waals surface area (Å²) in [4.78, 5) is 26.5. The number of nitrogens with zero attached hydrogens (tertiary/aromatic N) is 1. The lowest BCUT2D eigenvalue weighted by atomic mass is 9.79. The Morgan fingerprint density at radius 1 is 1.25 bits per heavy atom. The van der Waals surface area contributed by atoms with E-state index in [9.17, 15) is 9.59 Å². The molecule has 7 nitrogen and oxygen atoms in total. The van der Waals surface area contributed by atoms with Crippen LogP contribution in [0.15, 0.2) is 24.3 Å². The third-order valence-corrected chi connectivity index (χ3v) is 5.58. The van der Waals surface area contributed by atoms with Gasteiger partial charge in [-0.25, -0.2) is 0 Å². The first kappa shape index (κ1) is 24.7. The van der Waals surface area contributed by atoms with Crippen LogP contribution < -0.4 is 16.8 Å². The second-order valence-electron chi connectivity index (χ2n) is 7.28. The second kappa shape index (κ2) is 11.0. The molecule has 1 atom stereocenters. The molecule has 2 saturated heterocycles. The number of benzene rings is 1. The van der Waals surface area contributed by atoms with Gasteiger partial charge in [0.05, 0.1) is 11.5 Å². The van der Waals surface area contributed by atoms with Crippen LogP contribution in [-0.2, 0) is 20.9 Å². The number of nitrogens with one attached hydrogen (secondary N) is 1. The van der Waals surface area contributed by atoms with Crippen LogP contribution in [-0.4, -0.2) is 49.1 Å². The molecule has 0 aliphatic carbocycles. The van der Waals surface area contributed by atoms with Gasteiger partial charge in [0.25, 0.3) is 0 Å². The molecule has 2 fully saturated rings. The number of hydrogen-bond acceptors (Lipinski definition) is 5. The van der Waals surface area contributed by atoms with Crippen molar-refractivity contribution in [1.82, 2.24) is 4.90 Å². The SMILES string of the molecule is Cl.Cl.NCC1(C(=O)Nc2cccc(CN3CCCC3C(N)=O)c2)CCOCC1. The van der Waals surface area contributed by atoms with Crippen LogP contribution in [0.5, 0.6) is 0 Å². The van der Waals surface area contributed by atoms with Crippen LogP contribution in [0.2, 0.25) is 0 Å². The molecule has 1 aromatic rings. The highest BCUT2D eigenvalue weighted by molar-refractivity contribution is 5.95. The van der Waals surface area contributed by atoms with Gasteiger partial charge in [0.15, 0.2) is 0 Å². The van der Waals surface area contributed by atoms with Gasteiger partial charge in [-0.15, -0.1) is 24.8 Å². The van der Waals surface area contributed by atoms with Crippen LogP contribution >= 0.6 is 24.8 Å². The van der Waals surface area contributed by atoms with Crippen molar-refractivity contribution >= 4 is 42.3 Å². The van der Waals surface area contributed by atoms with Crippen molar-refractivity contribution in [3.63, 3.8) is 0 Å². The van der Waals surface area contributed by atoms with Crippen LogP contribution in [0, 0.1) is 5.41 Å². The first-order valence-corrected chi connectivity index (χ1v) is 9.26. The zero-order valence-electron chi connectivity index (χ0n) is 15.9. The molecular formula is C19H30Cl2N4O3. The standard InChI is InChI=1S/C19H28N4O3.2ClH/c20-13-19(6-9-26-10-7-19)18(25)22-15-4-1-3-14(11-15)12-23-8-2-5-16(23)17(21)24;;/h1,3-4,11,16H,2,5-10,12-13,20H2,(H2,21,24)(H,22,25);2*1H. The Labute approximate surface area is 178 Å². The largest absolute Gasteiger partial charge is 0.381 e. The van der Waals surface area contributed by atoms with Gasteiger partial charge in [0.1, 0.15) is 0 Å². The number of carbonyl (C=O) groups excluding carboxylic acids is 2. The number of likely N-dealkylation sites (tertiary alicyclic amines) is 1. The number of anilines is 1. The van der Waals surface area contributed by atoms with E-state index in [2.05, 4.69) is 10.2 Å². The summed E-state index contributed by atoms with van der Waals surface area (Å²) in [6.07, 6.45) is 3.07. The van der Waals surface area contributed by atoms with E-state index in [0.29, 0.717) is 39.1 Å². The maximum atomic E-state index is 12.8. The molecule has 0 spiro atoms. The Balaban J connectivity index is 0.00000196. The first-order chi connectivity index (χ1) is 12.5. The zero-order valence-corrected chi connectivity index (χ0v) is 17.5. The Kier molecular flexibility index (Phi) is 9.66. The van der Waals surface area contributed by atoms with E-state index in [0.717, 1.165) is 30.6 Å². The quantitative estimate of drug-likeness (QED) is 0.632. The summed E-state index contributed by atoms with van der Waals surface area (Å²) in [6.45, 7) is 2.95. The number of nitrogens with two attached hydrogens (primary N) is 2. The van der Waals surface area contributed by atoms with Gasteiger partial charge in [-0.1, -0.05) is 12.1 Å². The van der Waals surface area contributed by atoms with E-state index in [1.165, 1.54) is 0 Å². The van der Waals surface area contributed by atoms with Crippen LogP contribution in [0.3, 0.4) is 0 Å². The molecule has 1 unspecified atom stereocenters. The van der Waals surface area contributed by atoms with Gasteiger partial charge in [-0.3, -0.25) is 14.5 Å². The van der Waals surface area contributed by atoms with E-state index >= 15 is 0 Å². The average Bonchev–Trinajstić information content (AvgIpc) is 3.11. The molecular weight excluding hydrogens is 403 g/mol. The monoisotopic (exact) mass is 432 g/mol. The Hall–Kier alpha value is -1.38. The number of ether oxygens (including phenoxy) is 1. The van der Waals surface area contributed by atoms with E-state index in [1.54, 1.807) is 0 Å². The predicted molar refractivity (Wildman–Crippen MR) is 114 cm³/mol. The molecule has 1 aromatic carbocycles. The van der Waals surface area contributed by atoms with E-state index in [4.69, 9.17) is 16.2 Å². The van der Waals surface area contributed by atoms with Gasteiger partial charge in [-0.2, -0.15) is 0 Å². The Morgan fingerprint density at radius 2 is 1.96 bits per heavy atom. The first-order valence-electron chi connectivity index (χ1n) is 9.26. The summed E-state index contributed by atoms with van der Waals surface area (Å²) in [7, 11) is 0. The highest BCUT2D eigenvalue weighted by Crippen LogP contribution is 2.31. The molecule has 9 heteroatoms. The summed E-state index contributed by atoms with van der Waals surface area (Å²) in [6, 6.07) is 7.55. The molecule has 2 aliphatic rings. The number of carbonyl (C=O) groups is 2. The maximum Gasteiger partial charge on any atom is 0.234 e. The predicted octanol–water partition coefficient (Wildman–Crippen LogP) is 1.67. The van der Waals surface area contributed by atoms with E-state index in [-0.39, 0.29) is 42.7 Å². The minimum Gasteiger partial charge on any atom is -0.381 e. The van der Waals surface area contributed by atoms with Gasteiger partial charge in [-0.05, 0) is 49.9 Å². The lowest BCUT2D eigenvalue weighted by Crippen LogP contribution is -2.46. The average molecular weight is 433 g/mol. The number of halogens is 2. The molecule has 0 aromatic heterocycles. The minimum absolute atomic E-state index is 0. The summed E-state index contributed by atoms with van der Waals surface area (Å²) in [5.41, 5.74) is 12.6. The molecule has 0 saturated carbocycles. The highest BCUT2D eigenvalue weighted by atomic mass is 35.5. The normalized spacial score (nSPS) is 21.2. The van der Waals surface area contributed by atoms with Crippen molar-refractivity contribution in [3.8, 4) is 0 Å². The maximum absolute atomic E-state index is 12.8. The molecule has 3 rings (SSSR count). The fourth-order valence-corrected chi connectivity index (χ4v) is 3.87. The summed E-state index contributed by atoms with van der Waals surface area (Å²) < 4.78 is 5.37. The number of amides is 2. The molecule has 2 heterocycles. The Morgan fingerprint density at radius 3 is 2.61 bits per heavy atom. The molecule has 158 valence electrons. The molecule has 5 N–H and O–H groups in total. The van der Waals surface area contributed by atoms with E-state index in [1.807, 2.05) is 24.3 Å². The van der Waals surface area contributed by atoms with Crippen LogP contribution in [0.4, 0.5) is 5.69 Å². The smallest absolute Gasteiger partial charge is 0.234 e. The van der Waals surface area contributed by atoms with Gasteiger partial charge < -0.3 is 21.5 Å². The minimum atomic E-state index is -0.555. The number of rotatable bonds is 6. The third-order valence-electron chi connectivity index (χ3n) is 5.58. The van der Waals surface area contributed by atoms with Crippen molar-refractivity contribution in [2.45, 2.75) is 38.3 Å². The fraction of sp³-hybridized carbons (Fsp3) is 0.579. The molecule has 2 amide bonds. The summed E-state index contributed by atoms with van der Waals surface area (Å²) in [5.74, 6) is -0.312. The summed E-state index contributed by atoms with van der Waals surface area (Å²) >= 11 is 0. The van der Waals surface area contributed by atoms with Crippen LogP contribution in [0.25, 0.3) is 0 Å². The van der Waals surface area contributed by atoms with Crippen molar-refractivity contribution in [2.75, 3.05) is 31.6 Å². The van der Waals surface area contributed by atoms with Crippen LogP contribution in [0.1, 0.15) is 31.2 Å². The zero-order chi connectivity index (χ0) is 18.6. The number of hydrogen-bond donors (Lipinski definition) is 3. The lowest BCUT2D eigenvalue weighted by molar-refractivity contribution is -0.130. The van der Waals surface area contributed by atoms with Gasteiger partial charge in [0.2, 0.25) is 11.8 Å². The fourth-order valence-electron chi connectivity index (χ4n) is 3.87. The third kappa shape index (κ3) is 5.58. The van der Waals surface area contributed by atoms with Crippen molar-refractivity contribution < 1.29 is 14.3 Å². The Bertz CT molecular complexity index is 668. The lowest BCUT2D eigenvalue weighted by Gasteiger charge is -2.34. The van der Waals surface area contributed by atoms with Gasteiger partial charge in [0, 0.05) is 32.0 Å².